The lowest BCUT2D eigenvalue weighted by molar-refractivity contribution is -0.0626. The molecule has 38 heavy (non-hydrogen) atoms. The van der Waals surface area contributed by atoms with Crippen molar-refractivity contribution in [3.8, 4) is 0 Å². The number of carbonyl (C=O) groups excluding carboxylic acids is 1. The average Bonchev–Trinajstić information content (AvgIpc) is 3.23. The quantitative estimate of drug-likeness (QED) is 0.144. The summed E-state index contributed by atoms with van der Waals surface area (Å²) in [4.78, 5) is 12.3. The minimum Gasteiger partial charge on any atom is -0.432 e. The van der Waals surface area contributed by atoms with E-state index in [1.165, 1.54) is 51.4 Å². The summed E-state index contributed by atoms with van der Waals surface area (Å²) in [5, 5.41) is 0. The average molecular weight is 533 g/mol. The molecule has 0 aromatic carbocycles. The Balaban J connectivity index is 1.31. The third kappa shape index (κ3) is 6.45. The van der Waals surface area contributed by atoms with Crippen molar-refractivity contribution < 1.29 is 23.7 Å². The molecule has 5 heteroatoms. The van der Waals surface area contributed by atoms with Crippen LogP contribution in [0.3, 0.4) is 0 Å². The fourth-order valence-corrected chi connectivity index (χ4v) is 9.35. The van der Waals surface area contributed by atoms with Gasteiger partial charge in [0.1, 0.15) is 12.7 Å². The molecule has 0 amide bonds. The van der Waals surface area contributed by atoms with Gasteiger partial charge in [-0.2, -0.15) is 0 Å². The van der Waals surface area contributed by atoms with Gasteiger partial charge in [0.15, 0.2) is 0 Å². The van der Waals surface area contributed by atoms with Crippen LogP contribution in [0.4, 0.5) is 4.79 Å². The van der Waals surface area contributed by atoms with Crippen molar-refractivity contribution in [1.82, 2.24) is 0 Å². The molecule has 0 aliphatic heterocycles. The van der Waals surface area contributed by atoms with Gasteiger partial charge in [0, 0.05) is 13.5 Å². The fourth-order valence-electron chi connectivity index (χ4n) is 9.35. The Labute approximate surface area is 232 Å². The first-order chi connectivity index (χ1) is 18.2. The smallest absolute Gasteiger partial charge is 0.432 e. The van der Waals surface area contributed by atoms with Crippen molar-refractivity contribution in [1.29, 1.82) is 0 Å². The zero-order chi connectivity index (χ0) is 27.3. The van der Waals surface area contributed by atoms with Crippen LogP contribution >= 0.6 is 0 Å². The summed E-state index contributed by atoms with van der Waals surface area (Å²) in [6.45, 7) is 14.1. The van der Waals surface area contributed by atoms with Crippen molar-refractivity contribution in [2.75, 3.05) is 33.5 Å². The summed E-state index contributed by atoms with van der Waals surface area (Å²) < 4.78 is 21.3. The second-order valence-electron chi connectivity index (χ2n) is 14.0. The molecular formula is C33H56O5. The van der Waals surface area contributed by atoms with Gasteiger partial charge in [-0.15, -0.1) is 0 Å². The number of ether oxygens (including phenoxy) is 4. The first-order valence-corrected chi connectivity index (χ1v) is 15.8. The Bertz CT molecular complexity index is 807. The predicted molar refractivity (Wildman–Crippen MR) is 152 cm³/mol. The number of allylic oxidation sites excluding steroid dienone is 1. The molecule has 0 aromatic heterocycles. The molecule has 8 atom stereocenters. The van der Waals surface area contributed by atoms with E-state index >= 15 is 0 Å². The van der Waals surface area contributed by atoms with Crippen molar-refractivity contribution in [2.24, 2.45) is 46.3 Å². The van der Waals surface area contributed by atoms with Gasteiger partial charge in [0.05, 0.1) is 19.8 Å². The summed E-state index contributed by atoms with van der Waals surface area (Å²) in [5.41, 5.74) is 2.34. The van der Waals surface area contributed by atoms with Gasteiger partial charge in [-0.25, -0.2) is 4.79 Å². The Morgan fingerprint density at radius 2 is 1.76 bits per heavy atom. The van der Waals surface area contributed by atoms with Crippen molar-refractivity contribution >= 4 is 6.16 Å². The molecule has 0 bridgehead atoms. The second-order valence-corrected chi connectivity index (χ2v) is 14.0. The predicted octanol–water partition coefficient (Wildman–Crippen LogP) is 8.21. The molecule has 0 aromatic rings. The Morgan fingerprint density at radius 1 is 0.974 bits per heavy atom. The molecule has 0 spiro atoms. The molecule has 0 radical (unpaired) electrons. The van der Waals surface area contributed by atoms with Crippen LogP contribution in [0.1, 0.15) is 105 Å². The molecule has 3 saturated carbocycles. The number of fused-ring (bicyclic) bond motifs is 5. The van der Waals surface area contributed by atoms with E-state index in [1.807, 2.05) is 0 Å². The van der Waals surface area contributed by atoms with E-state index < -0.39 is 6.16 Å². The number of carbonyl (C=O) groups is 1. The summed E-state index contributed by atoms with van der Waals surface area (Å²) in [5.74, 6) is 5.08. The normalized spacial score (nSPS) is 37.1. The van der Waals surface area contributed by atoms with Gasteiger partial charge in [-0.3, -0.25) is 0 Å². The topological polar surface area (TPSA) is 54.0 Å². The fraction of sp³-hybridized carbons (Fsp3) is 0.909. The maximum atomic E-state index is 12.3. The summed E-state index contributed by atoms with van der Waals surface area (Å²) in [7, 11) is 1.64. The highest BCUT2D eigenvalue weighted by Gasteiger charge is 2.59. The van der Waals surface area contributed by atoms with Crippen LogP contribution in [0.5, 0.6) is 0 Å². The van der Waals surface area contributed by atoms with Crippen LogP contribution in [0.2, 0.25) is 0 Å². The molecule has 0 heterocycles. The molecule has 4 aliphatic rings. The minimum atomic E-state index is -0.559. The molecule has 0 saturated heterocycles. The third-order valence-corrected chi connectivity index (χ3v) is 11.4. The largest absolute Gasteiger partial charge is 0.508 e. The van der Waals surface area contributed by atoms with Crippen LogP contribution in [-0.2, 0) is 18.9 Å². The number of hydrogen-bond acceptors (Lipinski definition) is 5. The summed E-state index contributed by atoms with van der Waals surface area (Å²) >= 11 is 0. The van der Waals surface area contributed by atoms with Gasteiger partial charge in [0.25, 0.3) is 0 Å². The Morgan fingerprint density at radius 3 is 2.53 bits per heavy atom. The monoisotopic (exact) mass is 532 g/mol. The zero-order valence-electron chi connectivity index (χ0n) is 25.3. The number of rotatable bonds is 12. The maximum Gasteiger partial charge on any atom is 0.508 e. The van der Waals surface area contributed by atoms with Gasteiger partial charge >= 0.3 is 6.16 Å². The number of hydrogen-bond donors (Lipinski definition) is 0. The molecule has 4 rings (SSSR count). The van der Waals surface area contributed by atoms with Crippen LogP contribution < -0.4 is 0 Å². The van der Waals surface area contributed by atoms with Crippen molar-refractivity contribution in [3.63, 3.8) is 0 Å². The van der Waals surface area contributed by atoms with Gasteiger partial charge in [-0.1, -0.05) is 65.5 Å². The molecule has 0 N–H and O–H groups in total. The highest BCUT2D eigenvalue weighted by Crippen LogP contribution is 2.67. The Kier molecular flexibility index (Phi) is 10.3. The van der Waals surface area contributed by atoms with E-state index in [0.717, 1.165) is 54.8 Å². The summed E-state index contributed by atoms with van der Waals surface area (Å²) in [6.07, 6.45) is 15.9. The van der Waals surface area contributed by atoms with Crippen LogP contribution in [-0.4, -0.2) is 45.8 Å². The highest BCUT2D eigenvalue weighted by atomic mass is 16.7. The van der Waals surface area contributed by atoms with E-state index in [2.05, 4.69) is 40.7 Å². The van der Waals surface area contributed by atoms with Crippen LogP contribution in [0, 0.1) is 46.3 Å². The molecular weight excluding hydrogens is 476 g/mol. The van der Waals surface area contributed by atoms with Gasteiger partial charge < -0.3 is 18.9 Å². The van der Waals surface area contributed by atoms with Gasteiger partial charge in [-0.05, 0) is 91.3 Å². The first-order valence-electron chi connectivity index (χ1n) is 15.8. The van der Waals surface area contributed by atoms with E-state index in [9.17, 15) is 4.79 Å². The summed E-state index contributed by atoms with van der Waals surface area (Å²) in [6, 6.07) is 0. The van der Waals surface area contributed by atoms with E-state index in [-0.39, 0.29) is 18.1 Å². The van der Waals surface area contributed by atoms with E-state index in [1.54, 1.807) is 12.7 Å². The standard InChI is InChI=1S/C33H56O5/c1-23(2)8-7-9-24(3)28-12-13-29-27-11-10-25-22-26(38-31(34)37-21-20-36-19-18-35-6)14-16-32(25,4)30(27)15-17-33(28,29)5/h10,23-24,26-30H,7-9,11-22H2,1-6H3/t24-,26+,27+,28-,29+,30+,32+,33-/m1/s1. The first kappa shape index (κ1) is 29.9. The van der Waals surface area contributed by atoms with Crippen molar-refractivity contribution in [3.05, 3.63) is 11.6 Å². The SMILES string of the molecule is COCCOCCOC(=O)O[C@H]1CC[C@@]2(C)C(=CC[C@H]3[C@@H]4CC[C@H]([C@H](C)CCCC(C)C)[C@@]4(C)CC[C@@H]32)C1. The third-order valence-electron chi connectivity index (χ3n) is 11.4. The lowest BCUT2D eigenvalue weighted by Gasteiger charge is -2.58. The van der Waals surface area contributed by atoms with Crippen molar-refractivity contribution in [2.45, 2.75) is 111 Å². The van der Waals surface area contributed by atoms with Gasteiger partial charge in [0.2, 0.25) is 0 Å². The Hall–Kier alpha value is -1.07. The molecule has 5 nitrogen and oxygen atoms in total. The lowest BCUT2D eigenvalue weighted by atomic mass is 9.47. The van der Waals surface area contributed by atoms with E-state index in [0.29, 0.717) is 25.2 Å². The van der Waals surface area contributed by atoms with E-state index in [4.69, 9.17) is 18.9 Å². The number of methoxy groups -OCH3 is 1. The molecule has 3 fully saturated rings. The van der Waals surface area contributed by atoms with Crippen LogP contribution in [0.15, 0.2) is 11.6 Å². The maximum absolute atomic E-state index is 12.3. The molecule has 218 valence electrons. The van der Waals surface area contributed by atoms with Crippen LogP contribution in [0.25, 0.3) is 0 Å². The highest BCUT2D eigenvalue weighted by molar-refractivity contribution is 5.60. The zero-order valence-corrected chi connectivity index (χ0v) is 25.3. The lowest BCUT2D eigenvalue weighted by Crippen LogP contribution is -2.51. The second kappa shape index (κ2) is 13.1. The minimum absolute atomic E-state index is 0.0656. The molecule has 4 aliphatic carbocycles. The molecule has 0 unspecified atom stereocenters.